The number of rotatable bonds is 6. The Bertz CT molecular complexity index is 2590. The molecule has 3 aromatic heterocycles. The number of para-hydroxylation sites is 2. The van der Waals surface area contributed by atoms with Crippen molar-refractivity contribution in [3.05, 3.63) is 176 Å². The summed E-state index contributed by atoms with van der Waals surface area (Å²) < 4.78 is 6.07. The predicted octanol–water partition coefficient (Wildman–Crippen LogP) is 12.0. The zero-order chi connectivity index (χ0) is 31.9. The van der Waals surface area contributed by atoms with Crippen LogP contribution < -0.4 is 4.90 Å². The van der Waals surface area contributed by atoms with Gasteiger partial charge in [-0.15, -0.1) is 0 Å². The molecule has 0 atom stereocenters. The van der Waals surface area contributed by atoms with Crippen molar-refractivity contribution >= 4 is 49.8 Å². The van der Waals surface area contributed by atoms with Gasteiger partial charge in [0.25, 0.3) is 0 Å². The number of pyridine rings is 2. The van der Waals surface area contributed by atoms with E-state index in [1.807, 2.05) is 36.7 Å². The van der Waals surface area contributed by atoms with Gasteiger partial charge in [-0.3, -0.25) is 9.97 Å². The highest BCUT2D eigenvalue weighted by Gasteiger charge is 2.19. The van der Waals surface area contributed by atoms with Gasteiger partial charge in [-0.2, -0.15) is 0 Å². The van der Waals surface area contributed by atoms with Gasteiger partial charge in [0, 0.05) is 50.4 Å². The van der Waals surface area contributed by atoms with Gasteiger partial charge in [-0.1, -0.05) is 115 Å². The number of aromatic nitrogens is 2. The van der Waals surface area contributed by atoms with E-state index < -0.39 is 0 Å². The van der Waals surface area contributed by atoms with Gasteiger partial charge >= 0.3 is 0 Å². The Morgan fingerprint density at radius 1 is 0.417 bits per heavy atom. The lowest BCUT2D eigenvalue weighted by Crippen LogP contribution is -2.11. The third-order valence-corrected chi connectivity index (χ3v) is 8.93. The number of hydrogen-bond acceptors (Lipinski definition) is 4. The van der Waals surface area contributed by atoms with Crippen LogP contribution in [0, 0.1) is 0 Å². The van der Waals surface area contributed by atoms with Crippen LogP contribution in [0.5, 0.6) is 0 Å². The summed E-state index contributed by atoms with van der Waals surface area (Å²) in [5, 5.41) is 4.44. The van der Waals surface area contributed by atoms with Crippen molar-refractivity contribution in [3.8, 4) is 33.6 Å². The molecule has 0 saturated carbocycles. The molecular formula is C44H29N3O. The van der Waals surface area contributed by atoms with Crippen LogP contribution in [-0.4, -0.2) is 9.97 Å². The Kier molecular flexibility index (Phi) is 6.76. The third kappa shape index (κ3) is 4.97. The van der Waals surface area contributed by atoms with E-state index in [0.717, 1.165) is 78.0 Å². The number of fused-ring (bicyclic) bond motifs is 4. The number of furan rings is 1. The predicted molar refractivity (Wildman–Crippen MR) is 198 cm³/mol. The Morgan fingerprint density at radius 2 is 1.04 bits per heavy atom. The van der Waals surface area contributed by atoms with Crippen molar-refractivity contribution < 1.29 is 4.42 Å². The molecule has 0 radical (unpaired) electrons. The molecule has 3 heterocycles. The second-order valence-corrected chi connectivity index (χ2v) is 11.9. The van der Waals surface area contributed by atoms with E-state index in [4.69, 9.17) is 14.4 Å². The summed E-state index contributed by atoms with van der Waals surface area (Å²) in [7, 11) is 0. The molecule has 9 rings (SSSR count). The van der Waals surface area contributed by atoms with Crippen molar-refractivity contribution in [1.29, 1.82) is 0 Å². The topological polar surface area (TPSA) is 42.2 Å². The maximum atomic E-state index is 6.07. The molecule has 6 aromatic carbocycles. The first-order valence-corrected chi connectivity index (χ1v) is 16.1. The smallest absolute Gasteiger partial charge is 0.153 e. The summed E-state index contributed by atoms with van der Waals surface area (Å²) >= 11 is 0. The second kappa shape index (κ2) is 11.7. The van der Waals surface area contributed by atoms with Crippen molar-refractivity contribution in [1.82, 2.24) is 9.97 Å². The van der Waals surface area contributed by atoms with Gasteiger partial charge in [0.05, 0.1) is 23.3 Å². The molecule has 0 spiro atoms. The van der Waals surface area contributed by atoms with Crippen molar-refractivity contribution in [2.45, 2.75) is 0 Å². The van der Waals surface area contributed by atoms with E-state index in [1.54, 1.807) is 0 Å². The average molecular weight is 616 g/mol. The summed E-state index contributed by atoms with van der Waals surface area (Å²) in [6, 6.07) is 57.2. The Hall–Kier alpha value is -6.52. The van der Waals surface area contributed by atoms with Crippen LogP contribution in [0.2, 0.25) is 0 Å². The van der Waals surface area contributed by atoms with E-state index in [0.29, 0.717) is 0 Å². The number of benzene rings is 6. The molecule has 0 N–H and O–H groups in total. The molecular weight excluding hydrogens is 587 g/mol. The van der Waals surface area contributed by atoms with E-state index in [2.05, 4.69) is 144 Å². The summed E-state index contributed by atoms with van der Waals surface area (Å²) in [5.74, 6) is 0. The molecule has 48 heavy (non-hydrogen) atoms. The van der Waals surface area contributed by atoms with Gasteiger partial charge in [0.15, 0.2) is 5.58 Å². The molecule has 0 amide bonds. The van der Waals surface area contributed by atoms with Gasteiger partial charge in [0.1, 0.15) is 5.58 Å². The standard InChI is InChI=1S/C44H29N3O/c1-2-12-30(13-3-1)37-20-6-8-22-42(37)47(35-18-10-16-32(24-35)40-26-31-14-4-5-15-34(31)28-45-40)36-19-11-17-33(25-36)41-27-39-38-21-7-9-23-43(38)48-44(39)29-46-41/h1-29H. The molecule has 0 fully saturated rings. The summed E-state index contributed by atoms with van der Waals surface area (Å²) in [4.78, 5) is 12.0. The first-order valence-electron chi connectivity index (χ1n) is 16.1. The maximum absolute atomic E-state index is 6.07. The summed E-state index contributed by atoms with van der Waals surface area (Å²) in [5.41, 5.74) is 11.0. The highest BCUT2D eigenvalue weighted by atomic mass is 16.3. The normalized spacial score (nSPS) is 11.3. The maximum Gasteiger partial charge on any atom is 0.153 e. The highest BCUT2D eigenvalue weighted by Crippen LogP contribution is 2.43. The van der Waals surface area contributed by atoms with Crippen molar-refractivity contribution in [3.63, 3.8) is 0 Å². The molecule has 0 bridgehead atoms. The first kappa shape index (κ1) is 27.8. The largest absolute Gasteiger partial charge is 0.454 e. The minimum absolute atomic E-state index is 0.786. The quantitative estimate of drug-likeness (QED) is 0.187. The SMILES string of the molecule is c1ccc(-c2ccccc2N(c2cccc(-c3cc4ccccc4cn3)c2)c2cccc(-c3cc4c(cn3)oc3ccccc34)c2)cc1. The number of nitrogens with zero attached hydrogens (tertiary/aromatic N) is 3. The van der Waals surface area contributed by atoms with E-state index in [9.17, 15) is 0 Å². The molecule has 0 aliphatic heterocycles. The summed E-state index contributed by atoms with van der Waals surface area (Å²) in [6.07, 6.45) is 3.79. The van der Waals surface area contributed by atoms with Gasteiger partial charge in [-0.25, -0.2) is 0 Å². The lowest BCUT2D eigenvalue weighted by atomic mass is 10.0. The number of hydrogen-bond donors (Lipinski definition) is 0. The van der Waals surface area contributed by atoms with Gasteiger partial charge < -0.3 is 9.32 Å². The van der Waals surface area contributed by atoms with Crippen LogP contribution in [0.3, 0.4) is 0 Å². The van der Waals surface area contributed by atoms with Gasteiger partial charge in [-0.05, 0) is 59.5 Å². The zero-order valence-electron chi connectivity index (χ0n) is 26.0. The molecule has 0 saturated heterocycles. The monoisotopic (exact) mass is 615 g/mol. The van der Waals surface area contributed by atoms with Crippen LogP contribution in [0.15, 0.2) is 181 Å². The Morgan fingerprint density at radius 3 is 1.85 bits per heavy atom. The van der Waals surface area contributed by atoms with Crippen molar-refractivity contribution in [2.75, 3.05) is 4.90 Å². The lowest BCUT2D eigenvalue weighted by Gasteiger charge is -2.28. The average Bonchev–Trinajstić information content (AvgIpc) is 3.54. The molecule has 9 aromatic rings. The minimum atomic E-state index is 0.786. The van der Waals surface area contributed by atoms with Crippen LogP contribution in [0.4, 0.5) is 17.1 Å². The van der Waals surface area contributed by atoms with E-state index in [1.165, 1.54) is 5.39 Å². The van der Waals surface area contributed by atoms with Gasteiger partial charge in [0.2, 0.25) is 0 Å². The third-order valence-electron chi connectivity index (χ3n) is 8.93. The number of anilines is 3. The van der Waals surface area contributed by atoms with Crippen LogP contribution in [0.25, 0.3) is 66.4 Å². The molecule has 226 valence electrons. The van der Waals surface area contributed by atoms with Crippen molar-refractivity contribution in [2.24, 2.45) is 0 Å². The molecule has 0 unspecified atom stereocenters. The van der Waals surface area contributed by atoms with Crippen LogP contribution in [-0.2, 0) is 0 Å². The molecule has 4 nitrogen and oxygen atoms in total. The second-order valence-electron chi connectivity index (χ2n) is 11.9. The zero-order valence-corrected chi connectivity index (χ0v) is 26.0. The Balaban J connectivity index is 1.21. The lowest BCUT2D eigenvalue weighted by molar-refractivity contribution is 0.667. The fourth-order valence-electron chi connectivity index (χ4n) is 6.60. The molecule has 0 aliphatic rings. The fourth-order valence-corrected chi connectivity index (χ4v) is 6.60. The molecule has 4 heteroatoms. The highest BCUT2D eigenvalue weighted by molar-refractivity contribution is 6.05. The minimum Gasteiger partial charge on any atom is -0.454 e. The van der Waals surface area contributed by atoms with Crippen LogP contribution >= 0.6 is 0 Å². The van der Waals surface area contributed by atoms with Crippen LogP contribution in [0.1, 0.15) is 0 Å². The summed E-state index contributed by atoms with van der Waals surface area (Å²) in [6.45, 7) is 0. The Labute approximate surface area is 278 Å². The van der Waals surface area contributed by atoms with E-state index in [-0.39, 0.29) is 0 Å². The first-order chi connectivity index (χ1) is 23.8. The molecule has 0 aliphatic carbocycles. The van der Waals surface area contributed by atoms with E-state index >= 15 is 0 Å². The fraction of sp³-hybridized carbons (Fsp3) is 0.